The van der Waals surface area contributed by atoms with Crippen molar-refractivity contribution in [2.75, 3.05) is 19.0 Å². The molecule has 11 heteroatoms. The first kappa shape index (κ1) is 23.1. The van der Waals surface area contributed by atoms with Crippen LogP contribution in [0.2, 0.25) is 0 Å². The van der Waals surface area contributed by atoms with E-state index in [9.17, 15) is 14.4 Å². The van der Waals surface area contributed by atoms with Gasteiger partial charge in [0.15, 0.2) is 0 Å². The lowest BCUT2D eigenvalue weighted by Gasteiger charge is -2.13. The number of halogens is 2. The van der Waals surface area contributed by atoms with E-state index in [0.29, 0.717) is 5.69 Å². The molecule has 0 saturated carbocycles. The smallest absolute Gasteiger partial charge is 0.332 e. The number of methoxy groups -OCH3 is 1. The van der Waals surface area contributed by atoms with Gasteiger partial charge in [-0.3, -0.25) is 18.7 Å². The Labute approximate surface area is 156 Å². The van der Waals surface area contributed by atoms with Gasteiger partial charge in [-0.05, 0) is 6.07 Å². The molecule has 0 fully saturated rings. The zero-order chi connectivity index (χ0) is 17.1. The standard InChI is InChI=1S/C14H19N5O4.2ClH/c1-18-12-10(13(21)19(2)14(18)22)4-8(7-16-12)17-11(20)5-9(6-15)23-3;;/h4,7,9H,5-6,15H2,1-3H3,(H,17,20);2*1H. The number of aromatic nitrogens is 3. The Morgan fingerprint density at radius 1 is 1.32 bits per heavy atom. The molecule has 1 atom stereocenters. The first-order chi connectivity index (χ1) is 10.9. The molecule has 0 aliphatic heterocycles. The highest BCUT2D eigenvalue weighted by atomic mass is 35.5. The van der Waals surface area contributed by atoms with Gasteiger partial charge in [0.05, 0.1) is 29.8 Å². The van der Waals surface area contributed by atoms with Crippen molar-refractivity contribution in [1.29, 1.82) is 0 Å². The van der Waals surface area contributed by atoms with Crippen molar-refractivity contribution in [3.63, 3.8) is 0 Å². The van der Waals surface area contributed by atoms with Crippen LogP contribution >= 0.6 is 24.8 Å². The van der Waals surface area contributed by atoms with E-state index in [4.69, 9.17) is 10.5 Å². The summed E-state index contributed by atoms with van der Waals surface area (Å²) in [5, 5.41) is 2.89. The van der Waals surface area contributed by atoms with E-state index in [2.05, 4.69) is 10.3 Å². The molecule has 25 heavy (non-hydrogen) atoms. The summed E-state index contributed by atoms with van der Waals surface area (Å²) < 4.78 is 7.32. The summed E-state index contributed by atoms with van der Waals surface area (Å²) in [4.78, 5) is 40.0. The molecule has 0 spiro atoms. The molecule has 0 bridgehead atoms. The number of hydrogen-bond donors (Lipinski definition) is 2. The van der Waals surface area contributed by atoms with Crippen LogP contribution in [0.25, 0.3) is 11.0 Å². The van der Waals surface area contributed by atoms with E-state index < -0.39 is 11.2 Å². The number of amides is 1. The highest BCUT2D eigenvalue weighted by molar-refractivity contribution is 5.92. The zero-order valence-corrected chi connectivity index (χ0v) is 15.6. The van der Waals surface area contributed by atoms with E-state index in [1.807, 2.05) is 0 Å². The number of rotatable bonds is 5. The van der Waals surface area contributed by atoms with Crippen LogP contribution in [0, 0.1) is 0 Å². The average molecular weight is 394 g/mol. The summed E-state index contributed by atoms with van der Waals surface area (Å²) >= 11 is 0. The molecule has 0 saturated heterocycles. The quantitative estimate of drug-likeness (QED) is 0.723. The third-order valence-electron chi connectivity index (χ3n) is 3.59. The van der Waals surface area contributed by atoms with Gasteiger partial charge in [0.2, 0.25) is 5.91 Å². The van der Waals surface area contributed by atoms with Crippen molar-refractivity contribution < 1.29 is 9.53 Å². The number of aryl methyl sites for hydroxylation is 1. The lowest BCUT2D eigenvalue weighted by atomic mass is 10.2. The van der Waals surface area contributed by atoms with E-state index in [0.717, 1.165) is 4.57 Å². The fourth-order valence-corrected chi connectivity index (χ4v) is 2.22. The number of hydrogen-bond acceptors (Lipinski definition) is 6. The molecule has 1 amide bonds. The van der Waals surface area contributed by atoms with Gasteiger partial charge in [-0.15, -0.1) is 24.8 Å². The predicted octanol–water partition coefficient (Wildman–Crippen LogP) is -0.222. The lowest BCUT2D eigenvalue weighted by molar-refractivity contribution is -0.118. The number of nitrogens with one attached hydrogen (secondary N) is 1. The number of carbonyl (C=O) groups excluding carboxylic acids is 1. The van der Waals surface area contributed by atoms with Crippen LogP contribution in [0.5, 0.6) is 0 Å². The minimum absolute atomic E-state index is 0. The molecule has 9 nitrogen and oxygen atoms in total. The molecule has 2 heterocycles. The largest absolute Gasteiger partial charge is 0.380 e. The third-order valence-corrected chi connectivity index (χ3v) is 3.59. The third kappa shape index (κ3) is 4.79. The van der Waals surface area contributed by atoms with E-state index in [1.165, 1.54) is 38.0 Å². The summed E-state index contributed by atoms with van der Waals surface area (Å²) in [7, 11) is 4.40. The minimum Gasteiger partial charge on any atom is -0.380 e. The van der Waals surface area contributed by atoms with Crippen LogP contribution in [0.15, 0.2) is 21.9 Å². The number of ether oxygens (including phenoxy) is 1. The number of fused-ring (bicyclic) bond motifs is 1. The molecule has 2 aromatic heterocycles. The number of nitrogens with zero attached hydrogens (tertiary/aromatic N) is 3. The molecule has 1 unspecified atom stereocenters. The fraction of sp³-hybridized carbons (Fsp3) is 0.429. The van der Waals surface area contributed by atoms with E-state index in [-0.39, 0.29) is 60.8 Å². The second kappa shape index (κ2) is 9.52. The Balaban J connectivity index is 0.00000288. The van der Waals surface area contributed by atoms with Crippen molar-refractivity contribution in [1.82, 2.24) is 14.1 Å². The topological polar surface area (TPSA) is 121 Å². The van der Waals surface area contributed by atoms with Gasteiger partial charge in [-0.2, -0.15) is 0 Å². The number of carbonyl (C=O) groups is 1. The second-order valence-electron chi connectivity index (χ2n) is 5.15. The first-order valence-electron chi connectivity index (χ1n) is 6.97. The molecule has 0 aliphatic carbocycles. The highest BCUT2D eigenvalue weighted by Crippen LogP contribution is 2.12. The lowest BCUT2D eigenvalue weighted by Crippen LogP contribution is -2.37. The average Bonchev–Trinajstić information content (AvgIpc) is 2.55. The fourth-order valence-electron chi connectivity index (χ4n) is 2.22. The van der Waals surface area contributed by atoms with Crippen LogP contribution in [-0.4, -0.2) is 39.8 Å². The van der Waals surface area contributed by atoms with Crippen molar-refractivity contribution >= 4 is 47.4 Å². The molecule has 3 N–H and O–H groups in total. The van der Waals surface area contributed by atoms with Crippen molar-refractivity contribution in [2.24, 2.45) is 19.8 Å². The maximum atomic E-state index is 12.2. The maximum Gasteiger partial charge on any atom is 0.332 e. The van der Waals surface area contributed by atoms with Gasteiger partial charge >= 0.3 is 5.69 Å². The van der Waals surface area contributed by atoms with Crippen LogP contribution < -0.4 is 22.3 Å². The number of pyridine rings is 1. The summed E-state index contributed by atoms with van der Waals surface area (Å²) in [6, 6.07) is 1.49. The molecule has 0 aromatic carbocycles. The summed E-state index contributed by atoms with van der Waals surface area (Å²) in [6.07, 6.45) is 1.11. The Kier molecular flexibility index (Phi) is 8.78. The van der Waals surface area contributed by atoms with Crippen molar-refractivity contribution in [3.8, 4) is 0 Å². The van der Waals surface area contributed by atoms with Gasteiger partial charge in [0.25, 0.3) is 5.56 Å². The van der Waals surface area contributed by atoms with Crippen LogP contribution in [-0.2, 0) is 23.6 Å². The molecular weight excluding hydrogens is 373 g/mol. The molecule has 0 aliphatic rings. The Hall–Kier alpha value is -1.94. The second-order valence-corrected chi connectivity index (χ2v) is 5.15. The van der Waals surface area contributed by atoms with E-state index in [1.54, 1.807) is 0 Å². The summed E-state index contributed by atoms with van der Waals surface area (Å²) in [5.74, 6) is -0.301. The highest BCUT2D eigenvalue weighted by Gasteiger charge is 2.14. The SMILES string of the molecule is COC(CN)CC(=O)Nc1cnc2c(c1)c(=O)n(C)c(=O)n2C.Cl.Cl. The number of nitrogens with two attached hydrogens (primary N) is 1. The molecule has 140 valence electrons. The van der Waals surface area contributed by atoms with Gasteiger partial charge in [-0.25, -0.2) is 9.78 Å². The maximum absolute atomic E-state index is 12.2. The molecule has 0 radical (unpaired) electrons. The van der Waals surface area contributed by atoms with Crippen LogP contribution in [0.3, 0.4) is 0 Å². The minimum atomic E-state index is -0.469. The molecule has 2 rings (SSSR count). The van der Waals surface area contributed by atoms with Gasteiger partial charge < -0.3 is 15.8 Å². The monoisotopic (exact) mass is 393 g/mol. The Bertz CT molecular complexity index is 861. The van der Waals surface area contributed by atoms with Gasteiger partial charge in [0, 0.05) is 27.7 Å². The van der Waals surface area contributed by atoms with Crippen molar-refractivity contribution in [2.45, 2.75) is 12.5 Å². The molecular formula is C14H21Cl2N5O4. The van der Waals surface area contributed by atoms with Crippen LogP contribution in [0.1, 0.15) is 6.42 Å². The van der Waals surface area contributed by atoms with Crippen molar-refractivity contribution in [3.05, 3.63) is 33.1 Å². The summed E-state index contributed by atoms with van der Waals surface area (Å²) in [6.45, 7) is 0.225. The molecule has 2 aromatic rings. The van der Waals surface area contributed by atoms with Gasteiger partial charge in [-0.1, -0.05) is 0 Å². The zero-order valence-electron chi connectivity index (χ0n) is 14.0. The van der Waals surface area contributed by atoms with E-state index >= 15 is 0 Å². The summed E-state index contributed by atoms with van der Waals surface area (Å²) in [5.41, 5.74) is 5.17. The first-order valence-corrected chi connectivity index (χ1v) is 6.97. The Morgan fingerprint density at radius 3 is 2.52 bits per heavy atom. The van der Waals surface area contributed by atoms with Crippen LogP contribution in [0.4, 0.5) is 5.69 Å². The van der Waals surface area contributed by atoms with Gasteiger partial charge in [0.1, 0.15) is 5.65 Å². The normalized spacial score (nSPS) is 11.4. The predicted molar refractivity (Wildman–Crippen MR) is 99.8 cm³/mol. The Morgan fingerprint density at radius 2 is 1.96 bits per heavy atom. The number of anilines is 1.